The van der Waals surface area contributed by atoms with E-state index in [1.165, 1.54) is 5.56 Å². The average molecular weight is 464 g/mol. The maximum Gasteiger partial charge on any atom is 0.241 e. The van der Waals surface area contributed by atoms with Crippen molar-refractivity contribution in [1.29, 1.82) is 0 Å². The van der Waals surface area contributed by atoms with Crippen LogP contribution in [0.1, 0.15) is 35.1 Å². The van der Waals surface area contributed by atoms with Crippen molar-refractivity contribution in [3.8, 4) is 0 Å². The highest BCUT2D eigenvalue weighted by Crippen LogP contribution is 2.35. The number of fused-ring (bicyclic) bond motifs is 1. The third kappa shape index (κ3) is 4.61. The number of thiazole rings is 1. The van der Waals surface area contributed by atoms with Crippen LogP contribution in [0.25, 0.3) is 10.2 Å². The van der Waals surface area contributed by atoms with Crippen LogP contribution in [-0.4, -0.2) is 15.9 Å². The summed E-state index contributed by atoms with van der Waals surface area (Å²) in [5.41, 5.74) is 5.06. The standard InChI is InChI=1S/C29H25N3OS/c1-2-21-15-16-25-26(18-21)34-29(31-25)32(20-22-10-9-17-30-19-22)28(33)27(23-11-5-3-6-12-23)24-13-7-4-8-14-24/h3-19,27H,2,20H2,1H3. The average Bonchev–Trinajstić information content (AvgIpc) is 3.32. The molecule has 5 aromatic rings. The number of pyridine rings is 1. The molecule has 0 aliphatic heterocycles. The maximum absolute atomic E-state index is 14.3. The number of amides is 1. The van der Waals surface area contributed by atoms with Crippen molar-refractivity contribution in [2.45, 2.75) is 25.8 Å². The number of anilines is 1. The van der Waals surface area contributed by atoms with Crippen molar-refractivity contribution in [3.05, 3.63) is 126 Å². The smallest absolute Gasteiger partial charge is 0.241 e. The van der Waals surface area contributed by atoms with Gasteiger partial charge in [0.05, 0.1) is 22.7 Å². The number of aryl methyl sites for hydroxylation is 1. The molecule has 1 amide bonds. The van der Waals surface area contributed by atoms with E-state index in [-0.39, 0.29) is 5.91 Å². The molecule has 0 unspecified atom stereocenters. The fourth-order valence-electron chi connectivity index (χ4n) is 4.13. The third-order valence-electron chi connectivity index (χ3n) is 5.92. The van der Waals surface area contributed by atoms with E-state index in [1.54, 1.807) is 17.5 Å². The first-order valence-corrected chi connectivity index (χ1v) is 12.2. The molecule has 0 N–H and O–H groups in total. The summed E-state index contributed by atoms with van der Waals surface area (Å²) in [5.74, 6) is -0.437. The monoisotopic (exact) mass is 463 g/mol. The molecular formula is C29H25N3OS. The number of benzene rings is 3. The van der Waals surface area contributed by atoms with E-state index >= 15 is 0 Å². The van der Waals surface area contributed by atoms with Crippen LogP contribution >= 0.6 is 11.3 Å². The molecule has 0 aliphatic rings. The summed E-state index contributed by atoms with van der Waals surface area (Å²) in [6.45, 7) is 2.55. The van der Waals surface area contributed by atoms with Gasteiger partial charge in [-0.05, 0) is 46.9 Å². The highest BCUT2D eigenvalue weighted by molar-refractivity contribution is 7.22. The molecule has 0 atom stereocenters. The Morgan fingerprint density at radius 1 is 0.882 bits per heavy atom. The third-order valence-corrected chi connectivity index (χ3v) is 6.96. The molecule has 5 heteroatoms. The number of carbonyl (C=O) groups is 1. The Morgan fingerprint density at radius 3 is 2.21 bits per heavy atom. The molecular weight excluding hydrogens is 438 g/mol. The summed E-state index contributed by atoms with van der Waals surface area (Å²) in [7, 11) is 0. The summed E-state index contributed by atoms with van der Waals surface area (Å²) < 4.78 is 1.09. The first kappa shape index (κ1) is 22.0. The van der Waals surface area contributed by atoms with Gasteiger partial charge in [-0.3, -0.25) is 14.7 Å². The van der Waals surface area contributed by atoms with Crippen molar-refractivity contribution in [1.82, 2.24) is 9.97 Å². The van der Waals surface area contributed by atoms with Gasteiger partial charge in [0.1, 0.15) is 0 Å². The normalized spacial score (nSPS) is 11.1. The maximum atomic E-state index is 14.3. The van der Waals surface area contributed by atoms with E-state index in [2.05, 4.69) is 24.0 Å². The molecule has 0 spiro atoms. The second kappa shape index (κ2) is 9.98. The summed E-state index contributed by atoms with van der Waals surface area (Å²) in [6.07, 6.45) is 4.52. The van der Waals surface area contributed by atoms with Crippen LogP contribution in [0, 0.1) is 0 Å². The molecule has 0 saturated heterocycles. The second-order valence-electron chi connectivity index (χ2n) is 8.19. The second-order valence-corrected chi connectivity index (χ2v) is 9.20. The molecule has 0 bridgehead atoms. The Balaban J connectivity index is 1.62. The molecule has 5 rings (SSSR count). The predicted molar refractivity (Wildman–Crippen MR) is 139 cm³/mol. The van der Waals surface area contributed by atoms with Crippen molar-refractivity contribution in [2.24, 2.45) is 0 Å². The Morgan fingerprint density at radius 2 is 1.59 bits per heavy atom. The van der Waals surface area contributed by atoms with Gasteiger partial charge < -0.3 is 0 Å². The number of aromatic nitrogens is 2. The lowest BCUT2D eigenvalue weighted by molar-refractivity contribution is -0.119. The van der Waals surface area contributed by atoms with Gasteiger partial charge in [-0.1, -0.05) is 91.1 Å². The number of hydrogen-bond acceptors (Lipinski definition) is 4. The highest BCUT2D eigenvalue weighted by Gasteiger charge is 2.30. The predicted octanol–water partition coefficient (Wildman–Crippen LogP) is 6.62. The topological polar surface area (TPSA) is 46.1 Å². The van der Waals surface area contributed by atoms with Gasteiger partial charge in [0.15, 0.2) is 5.13 Å². The lowest BCUT2D eigenvalue weighted by atomic mass is 9.90. The zero-order valence-electron chi connectivity index (χ0n) is 19.0. The van der Waals surface area contributed by atoms with Gasteiger partial charge in [-0.2, -0.15) is 0 Å². The van der Waals surface area contributed by atoms with Crippen LogP contribution in [0.2, 0.25) is 0 Å². The van der Waals surface area contributed by atoms with Crippen molar-refractivity contribution in [2.75, 3.05) is 4.90 Å². The molecule has 0 fully saturated rings. The van der Waals surface area contributed by atoms with Crippen LogP contribution in [0.15, 0.2) is 103 Å². The van der Waals surface area contributed by atoms with Crippen LogP contribution in [0.5, 0.6) is 0 Å². The molecule has 0 radical (unpaired) electrons. The van der Waals surface area contributed by atoms with Crippen LogP contribution in [-0.2, 0) is 17.8 Å². The number of hydrogen-bond donors (Lipinski definition) is 0. The van der Waals surface area contributed by atoms with E-state index in [1.807, 2.05) is 90.0 Å². The fraction of sp³-hybridized carbons (Fsp3) is 0.138. The minimum atomic E-state index is -0.433. The van der Waals surface area contributed by atoms with Gasteiger partial charge >= 0.3 is 0 Å². The van der Waals surface area contributed by atoms with Gasteiger partial charge in [-0.15, -0.1) is 0 Å². The quantitative estimate of drug-likeness (QED) is 0.272. The molecule has 3 aromatic carbocycles. The molecule has 4 nitrogen and oxygen atoms in total. The first-order valence-electron chi connectivity index (χ1n) is 11.4. The van der Waals surface area contributed by atoms with Gasteiger partial charge in [0, 0.05) is 12.4 Å². The Labute approximate surface area is 203 Å². The van der Waals surface area contributed by atoms with E-state index in [9.17, 15) is 4.79 Å². The number of nitrogens with zero attached hydrogens (tertiary/aromatic N) is 3. The lowest BCUT2D eigenvalue weighted by Crippen LogP contribution is -2.35. The summed E-state index contributed by atoms with van der Waals surface area (Å²) in [6, 6.07) is 30.2. The van der Waals surface area contributed by atoms with Gasteiger partial charge in [0.25, 0.3) is 0 Å². The summed E-state index contributed by atoms with van der Waals surface area (Å²) >= 11 is 1.56. The molecule has 0 saturated carbocycles. The van der Waals surface area contributed by atoms with Gasteiger partial charge in [-0.25, -0.2) is 4.98 Å². The molecule has 2 heterocycles. The summed E-state index contributed by atoms with van der Waals surface area (Å²) in [5, 5.41) is 0.703. The Bertz CT molecular complexity index is 1350. The molecule has 0 aliphatic carbocycles. The minimum absolute atomic E-state index is 0.00368. The Hall–Kier alpha value is -3.83. The zero-order chi connectivity index (χ0) is 23.3. The fourth-order valence-corrected chi connectivity index (χ4v) is 5.16. The molecule has 168 valence electrons. The highest BCUT2D eigenvalue weighted by atomic mass is 32.1. The van der Waals surface area contributed by atoms with E-state index in [0.717, 1.165) is 33.3 Å². The molecule has 2 aromatic heterocycles. The number of rotatable bonds is 7. The zero-order valence-corrected chi connectivity index (χ0v) is 19.8. The van der Waals surface area contributed by atoms with Crippen molar-refractivity contribution >= 4 is 32.6 Å². The van der Waals surface area contributed by atoms with E-state index < -0.39 is 5.92 Å². The van der Waals surface area contributed by atoms with E-state index in [0.29, 0.717) is 11.7 Å². The SMILES string of the molecule is CCc1ccc2nc(N(Cc3cccnc3)C(=O)C(c3ccccc3)c3ccccc3)sc2c1. The lowest BCUT2D eigenvalue weighted by Gasteiger charge is -2.26. The number of carbonyl (C=O) groups excluding carboxylic acids is 1. The van der Waals surface area contributed by atoms with E-state index in [4.69, 9.17) is 4.98 Å². The van der Waals surface area contributed by atoms with Crippen LogP contribution in [0.3, 0.4) is 0 Å². The largest absolute Gasteiger partial charge is 0.283 e. The molecule has 34 heavy (non-hydrogen) atoms. The van der Waals surface area contributed by atoms with Crippen LogP contribution < -0.4 is 4.90 Å². The van der Waals surface area contributed by atoms with Crippen molar-refractivity contribution < 1.29 is 4.79 Å². The van der Waals surface area contributed by atoms with Gasteiger partial charge in [0.2, 0.25) is 5.91 Å². The first-order chi connectivity index (χ1) is 16.7. The summed E-state index contributed by atoms with van der Waals surface area (Å²) in [4.78, 5) is 25.3. The van der Waals surface area contributed by atoms with Crippen LogP contribution in [0.4, 0.5) is 5.13 Å². The van der Waals surface area contributed by atoms with Crippen molar-refractivity contribution in [3.63, 3.8) is 0 Å². The minimum Gasteiger partial charge on any atom is -0.283 e. The Kier molecular flexibility index (Phi) is 6.45.